The number of phenols is 1. The first-order chi connectivity index (χ1) is 33.2. The van der Waals surface area contributed by atoms with Crippen molar-refractivity contribution in [2.24, 2.45) is 11.8 Å². The number of amides is 2. The van der Waals surface area contributed by atoms with Gasteiger partial charge in [0.1, 0.15) is 11.5 Å². The van der Waals surface area contributed by atoms with Crippen LogP contribution in [0.25, 0.3) is 0 Å². The molecule has 2 heterocycles. The number of likely N-dealkylation sites (tertiary alicyclic amines) is 2. The molecule has 0 bridgehead atoms. The van der Waals surface area contributed by atoms with Crippen molar-refractivity contribution in [1.82, 2.24) is 9.80 Å². The normalized spacial score (nSPS) is 13.7. The number of ether oxygens (including phenoxy) is 5. The van der Waals surface area contributed by atoms with Crippen LogP contribution in [0, 0.1) is 18.8 Å². The van der Waals surface area contributed by atoms with Gasteiger partial charge in [-0.1, -0.05) is 60.5 Å². The van der Waals surface area contributed by atoms with Crippen molar-refractivity contribution in [3.05, 3.63) is 136 Å². The molecule has 0 atom stereocenters. The topological polar surface area (TPSA) is 150 Å². The highest BCUT2D eigenvalue weighted by molar-refractivity contribution is 7.86. The Morgan fingerprint density at radius 1 is 0.592 bits per heavy atom. The van der Waals surface area contributed by atoms with Crippen molar-refractivity contribution in [2.75, 3.05) is 67.8 Å². The van der Waals surface area contributed by atoms with Crippen molar-refractivity contribution in [2.45, 2.75) is 70.6 Å². The number of methoxy groups -OCH3 is 4. The maximum atomic E-state index is 12.7. The van der Waals surface area contributed by atoms with Crippen LogP contribution in [0.4, 0.5) is 0 Å². The molecule has 0 saturated carbocycles. The lowest BCUT2D eigenvalue weighted by Gasteiger charge is -2.32. The molecule has 383 valence electrons. The number of hydrogen-bond acceptors (Lipinski definition) is 11. The van der Waals surface area contributed by atoms with Gasteiger partial charge in [-0.15, -0.1) is 0 Å². The number of benzene rings is 5. The molecule has 5 aromatic carbocycles. The van der Waals surface area contributed by atoms with Gasteiger partial charge in [-0.2, -0.15) is 8.42 Å². The van der Waals surface area contributed by atoms with E-state index in [0.29, 0.717) is 83.8 Å². The predicted octanol–water partition coefficient (Wildman–Crippen LogP) is 10.5. The van der Waals surface area contributed by atoms with Crippen molar-refractivity contribution in [1.29, 1.82) is 0 Å². The number of aryl methyl sites for hydroxylation is 1. The molecule has 3 radical (unpaired) electrons. The quantitative estimate of drug-likeness (QED) is 0.0700. The van der Waals surface area contributed by atoms with Crippen molar-refractivity contribution < 1.29 is 51.0 Å². The molecule has 5 aromatic rings. The standard InChI is InChI=1S/C24H31NO6S.C23H28ClNO4.C6H5ClO.CH4.B/c1-18-4-7-21(8-5-18)32(27,28)31-15-12-19-10-13-25(14-11-19)24(26)17-20-6-9-22(29-2)23(16-20)30-3;1-27-21-8-3-18(15-22(21)28-2)16-23(26)25-12-9-17(10-13-25)11-14-29-20-6-4-19(24)5-7-20;7-5-1-3-6(8)4-2-5;;/h4-9,16,19H,10-15,17H2,1-3H3;3-8,15,17H,9-14,16H2,1-2H3;1-4,8H;1H4;. The molecule has 2 amide bonds. The number of carbonyl (C=O) groups is 2. The molecule has 71 heavy (non-hydrogen) atoms. The Morgan fingerprint density at radius 2 is 1.00 bits per heavy atom. The summed E-state index contributed by atoms with van der Waals surface area (Å²) in [4.78, 5) is 29.4. The first-order valence-electron chi connectivity index (χ1n) is 23.0. The Balaban J connectivity index is 0.000000317. The number of carbonyl (C=O) groups excluding carboxylic acids is 2. The highest BCUT2D eigenvalue weighted by Crippen LogP contribution is 2.30. The maximum Gasteiger partial charge on any atom is 0.296 e. The van der Waals surface area contributed by atoms with Gasteiger partial charge in [0.25, 0.3) is 10.1 Å². The third-order valence-corrected chi connectivity index (χ3v) is 13.9. The van der Waals surface area contributed by atoms with Gasteiger partial charge in [-0.05, 0) is 153 Å². The Hall–Kier alpha value is -5.61. The average Bonchev–Trinajstić information content (AvgIpc) is 3.36. The lowest BCUT2D eigenvalue weighted by molar-refractivity contribution is -0.132. The summed E-state index contributed by atoms with van der Waals surface area (Å²) in [6.45, 7) is 5.69. The van der Waals surface area contributed by atoms with E-state index in [4.69, 9.17) is 56.2 Å². The molecule has 1 N–H and O–H groups in total. The molecule has 0 aromatic heterocycles. The second kappa shape index (κ2) is 30.3. The smallest absolute Gasteiger partial charge is 0.296 e. The third-order valence-electron chi connectivity index (χ3n) is 12.1. The lowest BCUT2D eigenvalue weighted by atomic mass is 9.93. The van der Waals surface area contributed by atoms with Crippen LogP contribution in [0.5, 0.6) is 34.5 Å². The molecule has 13 nitrogen and oxygen atoms in total. The van der Waals surface area contributed by atoms with Crippen LogP contribution in [0.3, 0.4) is 0 Å². The van der Waals surface area contributed by atoms with Gasteiger partial charge in [0.05, 0.1) is 59.4 Å². The lowest BCUT2D eigenvalue weighted by Crippen LogP contribution is -2.39. The molecular weight excluding hydrogens is 966 g/mol. The van der Waals surface area contributed by atoms with Crippen molar-refractivity contribution in [3.63, 3.8) is 0 Å². The highest BCUT2D eigenvalue weighted by atomic mass is 35.5. The number of phenolic OH excluding ortho intramolecular Hbond substituents is 1. The van der Waals surface area contributed by atoms with Crippen LogP contribution in [-0.4, -0.2) is 111 Å². The van der Waals surface area contributed by atoms with E-state index in [1.54, 1.807) is 83.0 Å². The van der Waals surface area contributed by atoms with Crippen molar-refractivity contribution in [3.8, 4) is 34.5 Å². The van der Waals surface area contributed by atoms with Gasteiger partial charge in [0, 0.05) is 44.6 Å². The van der Waals surface area contributed by atoms with Gasteiger partial charge in [0.2, 0.25) is 11.8 Å². The van der Waals surface area contributed by atoms with E-state index in [1.807, 2.05) is 71.3 Å². The summed E-state index contributed by atoms with van der Waals surface area (Å²) in [7, 11) is 2.63. The molecule has 0 spiro atoms. The van der Waals surface area contributed by atoms with Gasteiger partial charge in [-0.25, -0.2) is 0 Å². The zero-order valence-electron chi connectivity index (χ0n) is 40.6. The number of nitrogens with zero attached hydrogens (tertiary/aromatic N) is 2. The minimum atomic E-state index is -3.73. The molecule has 2 fully saturated rings. The van der Waals surface area contributed by atoms with Crippen LogP contribution in [0.1, 0.15) is 62.6 Å². The van der Waals surface area contributed by atoms with E-state index in [9.17, 15) is 18.0 Å². The number of piperidine rings is 2. The number of hydrogen-bond donors (Lipinski definition) is 1. The van der Waals surface area contributed by atoms with Gasteiger partial charge in [-0.3, -0.25) is 13.8 Å². The van der Waals surface area contributed by atoms with Crippen LogP contribution >= 0.6 is 23.2 Å². The molecule has 17 heteroatoms. The Kier molecular flexibility index (Phi) is 25.5. The Morgan fingerprint density at radius 3 is 1.41 bits per heavy atom. The fourth-order valence-corrected chi connectivity index (χ4v) is 9.08. The van der Waals surface area contributed by atoms with E-state index < -0.39 is 10.1 Å². The zero-order valence-corrected chi connectivity index (χ0v) is 42.9. The Labute approximate surface area is 433 Å². The molecule has 0 unspecified atom stereocenters. The number of halogens is 2. The summed E-state index contributed by atoms with van der Waals surface area (Å²) >= 11 is 11.4. The van der Waals surface area contributed by atoms with E-state index in [-0.39, 0.29) is 44.9 Å². The molecule has 2 aliphatic rings. The summed E-state index contributed by atoms with van der Waals surface area (Å²) in [6.07, 6.45) is 6.05. The van der Waals surface area contributed by atoms with Gasteiger partial charge < -0.3 is 38.6 Å². The molecule has 7 rings (SSSR count). The second-order valence-electron chi connectivity index (χ2n) is 16.8. The van der Waals surface area contributed by atoms with Crippen molar-refractivity contribution >= 4 is 53.5 Å². The van der Waals surface area contributed by atoms with E-state index in [1.165, 1.54) is 0 Å². The van der Waals surface area contributed by atoms with Crippen LogP contribution in [-0.2, 0) is 36.7 Å². The third kappa shape index (κ3) is 19.5. The Bertz CT molecular complexity index is 2460. The van der Waals surface area contributed by atoms with Crippen LogP contribution in [0.2, 0.25) is 10.0 Å². The maximum absolute atomic E-state index is 12.7. The largest absolute Gasteiger partial charge is 0.508 e. The molecule has 2 aliphatic heterocycles. The number of rotatable bonds is 17. The molecule has 2 saturated heterocycles. The monoisotopic (exact) mass is 1030 g/mol. The fraction of sp³-hybridized carbons (Fsp3) is 0.407. The number of aromatic hydroxyl groups is 1. The predicted molar refractivity (Wildman–Crippen MR) is 281 cm³/mol. The van der Waals surface area contributed by atoms with Crippen LogP contribution in [0.15, 0.2) is 114 Å². The van der Waals surface area contributed by atoms with E-state index in [2.05, 4.69) is 0 Å². The SMILES string of the molecule is C.COc1ccc(CC(=O)N2CCC(CCOS(=O)(=O)c3ccc(C)cc3)CC2)cc1OC.COc1ccc(CC(=O)N2CCC(CCOc3ccc(Cl)cc3)CC2)cc1OC.Oc1ccc(Cl)cc1.[B]. The van der Waals surface area contributed by atoms with Gasteiger partial charge in [0.15, 0.2) is 23.0 Å². The highest BCUT2D eigenvalue weighted by Gasteiger charge is 2.25. The minimum absolute atomic E-state index is 0. The summed E-state index contributed by atoms with van der Waals surface area (Å²) in [5, 5.41) is 10.1. The first kappa shape index (κ1) is 59.7. The first-order valence-corrected chi connectivity index (χ1v) is 25.1. The van der Waals surface area contributed by atoms with Crippen LogP contribution < -0.4 is 23.7 Å². The average molecular weight is 1030 g/mol. The van der Waals surface area contributed by atoms with Gasteiger partial charge >= 0.3 is 0 Å². The molecule has 0 aliphatic carbocycles. The summed E-state index contributed by atoms with van der Waals surface area (Å²) < 4.78 is 56.7. The second-order valence-corrected chi connectivity index (χ2v) is 19.3. The minimum Gasteiger partial charge on any atom is -0.508 e. The van der Waals surface area contributed by atoms with E-state index >= 15 is 0 Å². The summed E-state index contributed by atoms with van der Waals surface area (Å²) in [5.41, 5.74) is 2.81. The zero-order chi connectivity index (χ0) is 49.8. The summed E-state index contributed by atoms with van der Waals surface area (Å²) in [5.74, 6) is 4.82. The van der Waals surface area contributed by atoms with E-state index in [0.717, 1.165) is 67.6 Å². The summed E-state index contributed by atoms with van der Waals surface area (Å²) in [6, 6.07) is 31.6. The fourth-order valence-electron chi connectivity index (χ4n) is 7.91. The molecular formula is C54H68BCl2N2O11S.